The molecule has 0 atom stereocenters. The third-order valence-corrected chi connectivity index (χ3v) is 6.65. The first-order chi connectivity index (χ1) is 17.0. The zero-order valence-corrected chi connectivity index (χ0v) is 20.9. The molecule has 174 valence electrons. The van der Waals surface area contributed by atoms with E-state index >= 15 is 0 Å². The maximum Gasteiger partial charge on any atom is 0.234 e. The van der Waals surface area contributed by atoms with Crippen LogP contribution in [0.5, 0.6) is 5.75 Å². The number of nitrogens with one attached hydrogen (secondary N) is 1. The average Bonchev–Trinajstić information content (AvgIpc) is 2.88. The predicted octanol–water partition coefficient (Wildman–Crippen LogP) is 7.33. The maximum absolute atomic E-state index is 12.8. The highest BCUT2D eigenvalue weighted by Gasteiger charge is 2.19. The van der Waals surface area contributed by atoms with Crippen LogP contribution < -0.4 is 10.1 Å². The maximum atomic E-state index is 12.8. The molecule has 3 aromatic carbocycles. The van der Waals surface area contributed by atoms with E-state index in [2.05, 4.69) is 11.4 Å². The van der Waals surface area contributed by atoms with Crippen LogP contribution in [0, 0.1) is 11.3 Å². The first-order valence-electron chi connectivity index (χ1n) is 10.5. The van der Waals surface area contributed by atoms with E-state index in [-0.39, 0.29) is 11.7 Å². The van der Waals surface area contributed by atoms with E-state index in [0.29, 0.717) is 43.3 Å². The molecule has 0 saturated carbocycles. The molecule has 0 aliphatic rings. The Kier molecular flexibility index (Phi) is 7.94. The summed E-state index contributed by atoms with van der Waals surface area (Å²) in [4.78, 5) is 17.5. The second-order valence-electron chi connectivity index (χ2n) is 7.37. The topological polar surface area (TPSA) is 75.0 Å². The Morgan fingerprint density at radius 2 is 1.77 bits per heavy atom. The van der Waals surface area contributed by atoms with Crippen molar-refractivity contribution in [1.29, 1.82) is 5.26 Å². The Labute approximate surface area is 217 Å². The van der Waals surface area contributed by atoms with Crippen LogP contribution in [-0.2, 0) is 4.79 Å². The second-order valence-corrected chi connectivity index (χ2v) is 9.18. The number of nitrogens with zero attached hydrogens (tertiary/aromatic N) is 2. The summed E-state index contributed by atoms with van der Waals surface area (Å²) in [6, 6.07) is 26.1. The van der Waals surface area contributed by atoms with Crippen molar-refractivity contribution in [2.75, 3.05) is 18.2 Å². The molecule has 1 aromatic heterocycles. The fraction of sp³-hybridized carbons (Fsp3) is 0.0741. The van der Waals surface area contributed by atoms with E-state index in [1.165, 1.54) is 18.9 Å². The molecule has 0 unspecified atom stereocenters. The lowest BCUT2D eigenvalue weighted by molar-refractivity contribution is -0.113. The minimum atomic E-state index is -0.286. The number of nitriles is 1. The van der Waals surface area contributed by atoms with Crippen molar-refractivity contribution in [2.24, 2.45) is 0 Å². The fourth-order valence-corrected chi connectivity index (χ4v) is 4.69. The Bertz CT molecular complexity index is 1420. The number of pyridine rings is 1. The highest BCUT2D eigenvalue weighted by Crippen LogP contribution is 2.37. The smallest absolute Gasteiger partial charge is 0.234 e. The zero-order valence-electron chi connectivity index (χ0n) is 18.6. The van der Waals surface area contributed by atoms with Crippen molar-refractivity contribution in [3.05, 3.63) is 94.5 Å². The summed E-state index contributed by atoms with van der Waals surface area (Å²) >= 11 is 13.7. The first kappa shape index (κ1) is 24.6. The number of ether oxygens (including phenoxy) is 1. The molecule has 0 aliphatic carbocycles. The van der Waals surface area contributed by atoms with Gasteiger partial charge in [-0.05, 0) is 30.3 Å². The zero-order chi connectivity index (χ0) is 24.8. The van der Waals surface area contributed by atoms with Crippen LogP contribution >= 0.6 is 35.0 Å². The van der Waals surface area contributed by atoms with Crippen LogP contribution in [0.3, 0.4) is 0 Å². The summed E-state index contributed by atoms with van der Waals surface area (Å²) in [6.45, 7) is 0. The van der Waals surface area contributed by atoms with Crippen LogP contribution in [0.25, 0.3) is 22.4 Å². The average molecular weight is 520 g/mol. The number of hydrogen-bond acceptors (Lipinski definition) is 5. The molecule has 0 aliphatic heterocycles. The van der Waals surface area contributed by atoms with Crippen molar-refractivity contribution in [3.8, 4) is 34.2 Å². The van der Waals surface area contributed by atoms with Gasteiger partial charge < -0.3 is 10.1 Å². The Hall–Kier alpha value is -3.50. The summed E-state index contributed by atoms with van der Waals surface area (Å²) < 4.78 is 5.29. The lowest BCUT2D eigenvalue weighted by Gasteiger charge is -2.14. The Morgan fingerprint density at radius 1 is 1.03 bits per heavy atom. The van der Waals surface area contributed by atoms with Crippen LogP contribution in [0.2, 0.25) is 10.0 Å². The highest BCUT2D eigenvalue weighted by molar-refractivity contribution is 8.00. The van der Waals surface area contributed by atoms with Gasteiger partial charge in [0.25, 0.3) is 0 Å². The third kappa shape index (κ3) is 5.77. The number of methoxy groups -OCH3 is 1. The molecule has 0 radical (unpaired) electrons. The van der Waals surface area contributed by atoms with Crippen LogP contribution in [-0.4, -0.2) is 23.8 Å². The van der Waals surface area contributed by atoms with E-state index in [1.807, 2.05) is 54.6 Å². The van der Waals surface area contributed by atoms with Crippen molar-refractivity contribution >= 4 is 46.6 Å². The molecule has 1 N–H and O–H groups in total. The number of carbonyl (C=O) groups is 1. The number of amides is 1. The highest BCUT2D eigenvalue weighted by atomic mass is 35.5. The molecule has 4 aromatic rings. The summed E-state index contributed by atoms with van der Waals surface area (Å²) in [5.41, 5.74) is 3.77. The van der Waals surface area contributed by atoms with Gasteiger partial charge >= 0.3 is 0 Å². The summed E-state index contributed by atoms with van der Waals surface area (Å²) in [6.07, 6.45) is 0. The lowest BCUT2D eigenvalue weighted by atomic mass is 9.99. The summed E-state index contributed by atoms with van der Waals surface area (Å²) in [7, 11) is 1.52. The molecule has 0 fully saturated rings. The minimum Gasteiger partial charge on any atom is -0.495 e. The number of carbonyl (C=O) groups excluding carboxylic acids is 1. The van der Waals surface area contributed by atoms with Gasteiger partial charge in [0.2, 0.25) is 5.91 Å². The minimum absolute atomic E-state index is 0.0253. The summed E-state index contributed by atoms with van der Waals surface area (Å²) in [5.74, 6) is 0.235. The van der Waals surface area contributed by atoms with Crippen molar-refractivity contribution < 1.29 is 9.53 Å². The number of anilines is 1. The van der Waals surface area contributed by atoms with Gasteiger partial charge in [0.15, 0.2) is 0 Å². The third-order valence-electron chi connectivity index (χ3n) is 5.11. The summed E-state index contributed by atoms with van der Waals surface area (Å²) in [5, 5.41) is 14.3. The number of hydrogen-bond donors (Lipinski definition) is 1. The van der Waals surface area contributed by atoms with Gasteiger partial charge in [-0.15, -0.1) is 0 Å². The molecule has 1 heterocycles. The molecule has 1 amide bonds. The molecule has 8 heteroatoms. The molecule has 0 spiro atoms. The van der Waals surface area contributed by atoms with Crippen molar-refractivity contribution in [1.82, 2.24) is 4.98 Å². The van der Waals surface area contributed by atoms with Crippen LogP contribution in [0.4, 0.5) is 5.69 Å². The molecule has 5 nitrogen and oxygen atoms in total. The van der Waals surface area contributed by atoms with E-state index in [1.54, 1.807) is 24.3 Å². The molecular formula is C27H19Cl2N3O2S. The van der Waals surface area contributed by atoms with Gasteiger partial charge in [-0.3, -0.25) is 4.79 Å². The Morgan fingerprint density at radius 3 is 2.49 bits per heavy atom. The standard InChI is InChI=1S/C27H19Cl2N3O2S/c1-34-25-12-11-18(28)13-24(25)31-26(33)16-35-27-21(15-30)20(19-9-5-6-10-22(19)29)14-23(32-27)17-7-3-2-4-8-17/h2-14H,16H2,1H3,(H,31,33). The Balaban J connectivity index is 1.69. The SMILES string of the molecule is COc1ccc(Cl)cc1NC(=O)CSc1nc(-c2ccccc2)cc(-c2ccccc2Cl)c1C#N. The first-order valence-corrected chi connectivity index (χ1v) is 12.3. The van der Waals surface area contributed by atoms with Gasteiger partial charge in [0.1, 0.15) is 16.8 Å². The van der Waals surface area contributed by atoms with E-state index in [9.17, 15) is 10.1 Å². The number of aromatic nitrogens is 1. The molecule has 0 saturated heterocycles. The van der Waals surface area contributed by atoms with E-state index < -0.39 is 0 Å². The van der Waals surface area contributed by atoms with Gasteiger partial charge in [-0.1, -0.05) is 83.5 Å². The van der Waals surface area contributed by atoms with Gasteiger partial charge in [0, 0.05) is 26.7 Å². The number of thioether (sulfide) groups is 1. The lowest BCUT2D eigenvalue weighted by Crippen LogP contribution is -2.15. The van der Waals surface area contributed by atoms with Crippen LogP contribution in [0.1, 0.15) is 5.56 Å². The quantitative estimate of drug-likeness (QED) is 0.258. The van der Waals surface area contributed by atoms with E-state index in [4.69, 9.17) is 32.9 Å². The predicted molar refractivity (Wildman–Crippen MR) is 142 cm³/mol. The molecule has 0 bridgehead atoms. The second kappa shape index (κ2) is 11.3. The van der Waals surface area contributed by atoms with E-state index in [0.717, 1.165) is 11.1 Å². The monoisotopic (exact) mass is 519 g/mol. The molecule has 35 heavy (non-hydrogen) atoms. The van der Waals surface area contributed by atoms with Gasteiger partial charge in [-0.25, -0.2) is 4.98 Å². The molecular weight excluding hydrogens is 501 g/mol. The number of rotatable bonds is 7. The normalized spacial score (nSPS) is 10.5. The van der Waals surface area contributed by atoms with Gasteiger partial charge in [0.05, 0.1) is 29.8 Å². The fourth-order valence-electron chi connectivity index (χ4n) is 3.48. The largest absolute Gasteiger partial charge is 0.495 e. The molecule has 4 rings (SSSR count). The number of halogens is 2. The number of benzene rings is 3. The van der Waals surface area contributed by atoms with Crippen LogP contribution in [0.15, 0.2) is 83.9 Å². The van der Waals surface area contributed by atoms with Crippen molar-refractivity contribution in [2.45, 2.75) is 5.03 Å². The van der Waals surface area contributed by atoms with Crippen molar-refractivity contribution in [3.63, 3.8) is 0 Å². The van der Waals surface area contributed by atoms with Gasteiger partial charge in [-0.2, -0.15) is 5.26 Å².